The SMILES string of the molecule is CCNC(=NCC1(CCO)CCCCC1)NCC1(c2ccccc2C)CCOCC1. The number of nitrogens with one attached hydrogen (secondary N) is 2. The number of guanidine groups is 1. The van der Waals surface area contributed by atoms with E-state index in [-0.39, 0.29) is 17.4 Å². The Morgan fingerprint density at radius 2 is 1.80 bits per heavy atom. The van der Waals surface area contributed by atoms with Gasteiger partial charge in [0.05, 0.1) is 0 Å². The number of aliphatic hydroxyl groups excluding tert-OH is 1. The molecule has 5 heteroatoms. The number of ether oxygens (including phenoxy) is 1. The lowest BCUT2D eigenvalue weighted by Gasteiger charge is -2.39. The molecule has 0 spiro atoms. The van der Waals surface area contributed by atoms with Crippen LogP contribution in [0.1, 0.15) is 69.4 Å². The van der Waals surface area contributed by atoms with E-state index in [2.05, 4.69) is 48.7 Å². The predicted molar refractivity (Wildman–Crippen MR) is 124 cm³/mol. The monoisotopic (exact) mass is 415 g/mol. The first-order valence-corrected chi connectivity index (χ1v) is 11.9. The number of hydrogen-bond acceptors (Lipinski definition) is 3. The Bertz CT molecular complexity index is 671. The lowest BCUT2D eigenvalue weighted by Crippen LogP contribution is -2.48. The van der Waals surface area contributed by atoms with E-state index in [9.17, 15) is 5.11 Å². The molecule has 1 heterocycles. The van der Waals surface area contributed by atoms with Gasteiger partial charge in [-0.05, 0) is 62.5 Å². The van der Waals surface area contributed by atoms with Crippen LogP contribution in [0.4, 0.5) is 0 Å². The summed E-state index contributed by atoms with van der Waals surface area (Å²) in [5.41, 5.74) is 3.03. The highest BCUT2D eigenvalue weighted by molar-refractivity contribution is 5.80. The largest absolute Gasteiger partial charge is 0.396 e. The maximum absolute atomic E-state index is 9.62. The van der Waals surface area contributed by atoms with E-state index in [1.54, 1.807) is 0 Å². The van der Waals surface area contributed by atoms with Crippen LogP contribution < -0.4 is 10.6 Å². The summed E-state index contributed by atoms with van der Waals surface area (Å²) in [6.07, 6.45) is 9.11. The van der Waals surface area contributed by atoms with Crippen LogP contribution in [0.2, 0.25) is 0 Å². The van der Waals surface area contributed by atoms with Crippen LogP contribution in [0.5, 0.6) is 0 Å². The van der Waals surface area contributed by atoms with Gasteiger partial charge in [-0.2, -0.15) is 0 Å². The maximum atomic E-state index is 9.62. The molecule has 1 aromatic carbocycles. The van der Waals surface area contributed by atoms with Crippen LogP contribution in [-0.4, -0.2) is 50.5 Å². The topological polar surface area (TPSA) is 65.9 Å². The van der Waals surface area contributed by atoms with E-state index in [4.69, 9.17) is 9.73 Å². The molecule has 0 atom stereocenters. The Balaban J connectivity index is 1.74. The van der Waals surface area contributed by atoms with Gasteiger partial charge >= 0.3 is 0 Å². The van der Waals surface area contributed by atoms with E-state index in [0.717, 1.165) is 58.1 Å². The number of rotatable bonds is 8. The number of benzene rings is 1. The highest BCUT2D eigenvalue weighted by Crippen LogP contribution is 2.39. The Labute approximate surface area is 182 Å². The summed E-state index contributed by atoms with van der Waals surface area (Å²) in [6.45, 7) is 8.71. The van der Waals surface area contributed by atoms with Crippen LogP contribution in [0.25, 0.3) is 0 Å². The van der Waals surface area contributed by atoms with Crippen LogP contribution in [0.3, 0.4) is 0 Å². The van der Waals surface area contributed by atoms with Crippen molar-refractivity contribution >= 4 is 5.96 Å². The molecule has 1 saturated heterocycles. The summed E-state index contributed by atoms with van der Waals surface area (Å²) in [5.74, 6) is 0.903. The van der Waals surface area contributed by atoms with Gasteiger partial charge in [-0.25, -0.2) is 0 Å². The molecule has 0 unspecified atom stereocenters. The molecule has 3 rings (SSSR count). The van der Waals surface area contributed by atoms with E-state index < -0.39 is 0 Å². The summed E-state index contributed by atoms with van der Waals surface area (Å²) in [5, 5.41) is 16.7. The summed E-state index contributed by atoms with van der Waals surface area (Å²) in [6, 6.07) is 8.77. The molecular formula is C25H41N3O2. The van der Waals surface area contributed by atoms with E-state index in [0.29, 0.717) is 0 Å². The van der Waals surface area contributed by atoms with Crippen molar-refractivity contribution in [1.29, 1.82) is 0 Å². The average Bonchev–Trinajstić information content (AvgIpc) is 2.77. The second kappa shape index (κ2) is 11.1. The van der Waals surface area contributed by atoms with Crippen LogP contribution in [0, 0.1) is 12.3 Å². The van der Waals surface area contributed by atoms with Crippen molar-refractivity contribution in [2.45, 2.75) is 70.6 Å². The van der Waals surface area contributed by atoms with Crippen LogP contribution in [-0.2, 0) is 10.2 Å². The van der Waals surface area contributed by atoms with Gasteiger partial charge in [-0.15, -0.1) is 0 Å². The van der Waals surface area contributed by atoms with Gasteiger partial charge in [0, 0.05) is 44.9 Å². The molecule has 1 aliphatic carbocycles. The Hall–Kier alpha value is -1.59. The Kier molecular flexibility index (Phi) is 8.58. The van der Waals surface area contributed by atoms with Crippen molar-refractivity contribution in [3.8, 4) is 0 Å². The zero-order chi connectivity index (χ0) is 21.3. The van der Waals surface area contributed by atoms with Gasteiger partial charge in [0.1, 0.15) is 0 Å². The molecule has 1 saturated carbocycles. The first kappa shape index (κ1) is 23.1. The molecular weight excluding hydrogens is 374 g/mol. The average molecular weight is 416 g/mol. The third-order valence-corrected chi connectivity index (χ3v) is 7.23. The normalized spacial score (nSPS) is 21.2. The lowest BCUT2D eigenvalue weighted by molar-refractivity contribution is 0.0511. The summed E-state index contributed by atoms with van der Waals surface area (Å²) >= 11 is 0. The van der Waals surface area contributed by atoms with Gasteiger partial charge in [0.2, 0.25) is 0 Å². The highest BCUT2D eigenvalue weighted by Gasteiger charge is 2.36. The van der Waals surface area contributed by atoms with Gasteiger partial charge < -0.3 is 20.5 Å². The fraction of sp³-hybridized carbons (Fsp3) is 0.720. The molecule has 30 heavy (non-hydrogen) atoms. The molecule has 2 fully saturated rings. The smallest absolute Gasteiger partial charge is 0.191 e. The zero-order valence-electron chi connectivity index (χ0n) is 19.0. The van der Waals surface area contributed by atoms with Gasteiger partial charge in [-0.3, -0.25) is 4.99 Å². The molecule has 0 amide bonds. The molecule has 0 aromatic heterocycles. The van der Waals surface area contributed by atoms with Crippen molar-refractivity contribution in [2.75, 3.05) is 39.5 Å². The molecule has 1 aromatic rings. The standard InChI is InChI=1S/C25H41N3O2/c1-3-26-23(27-19-24(13-16-29)11-7-4-8-12-24)28-20-25(14-17-30-18-15-25)22-10-6-5-9-21(22)2/h5-6,9-10,29H,3-4,7-8,11-20H2,1-2H3,(H2,26,27,28). The molecule has 0 bridgehead atoms. The minimum atomic E-state index is 0.0768. The zero-order valence-corrected chi connectivity index (χ0v) is 19.0. The molecule has 1 aliphatic heterocycles. The molecule has 2 aliphatic rings. The van der Waals surface area contributed by atoms with Gasteiger partial charge in [0.25, 0.3) is 0 Å². The predicted octanol–water partition coefficient (Wildman–Crippen LogP) is 3.93. The molecule has 5 nitrogen and oxygen atoms in total. The number of aliphatic imine (C=N–C) groups is 1. The summed E-state index contributed by atoms with van der Waals surface area (Å²) in [7, 11) is 0. The Morgan fingerprint density at radius 3 is 2.47 bits per heavy atom. The van der Waals surface area contributed by atoms with Crippen molar-refractivity contribution in [2.24, 2.45) is 10.4 Å². The highest BCUT2D eigenvalue weighted by atomic mass is 16.5. The second-order valence-corrected chi connectivity index (χ2v) is 9.29. The van der Waals surface area contributed by atoms with Gasteiger partial charge in [-0.1, -0.05) is 43.5 Å². The van der Waals surface area contributed by atoms with E-state index >= 15 is 0 Å². The van der Waals surface area contributed by atoms with Crippen molar-refractivity contribution in [1.82, 2.24) is 10.6 Å². The third kappa shape index (κ3) is 5.76. The number of nitrogens with zero attached hydrogens (tertiary/aromatic N) is 1. The quantitative estimate of drug-likeness (QED) is 0.445. The molecule has 3 N–H and O–H groups in total. The van der Waals surface area contributed by atoms with Crippen molar-refractivity contribution < 1.29 is 9.84 Å². The van der Waals surface area contributed by atoms with Crippen molar-refractivity contribution in [3.63, 3.8) is 0 Å². The van der Waals surface area contributed by atoms with Gasteiger partial charge in [0.15, 0.2) is 5.96 Å². The minimum Gasteiger partial charge on any atom is -0.396 e. The molecule has 0 radical (unpaired) electrons. The first-order chi connectivity index (χ1) is 14.6. The number of aryl methyl sites for hydroxylation is 1. The summed E-state index contributed by atoms with van der Waals surface area (Å²) in [4.78, 5) is 5.01. The number of aliphatic hydroxyl groups is 1. The maximum Gasteiger partial charge on any atom is 0.191 e. The van der Waals surface area contributed by atoms with Crippen LogP contribution in [0.15, 0.2) is 29.3 Å². The lowest BCUT2D eigenvalue weighted by atomic mass is 9.72. The van der Waals surface area contributed by atoms with E-state index in [1.165, 1.54) is 43.2 Å². The fourth-order valence-electron chi connectivity index (χ4n) is 5.34. The van der Waals surface area contributed by atoms with Crippen LogP contribution >= 0.6 is 0 Å². The third-order valence-electron chi connectivity index (χ3n) is 7.23. The fourth-order valence-corrected chi connectivity index (χ4v) is 5.34. The van der Waals surface area contributed by atoms with Crippen molar-refractivity contribution in [3.05, 3.63) is 35.4 Å². The molecule has 168 valence electrons. The minimum absolute atomic E-state index is 0.0768. The number of hydrogen-bond donors (Lipinski definition) is 3. The Morgan fingerprint density at radius 1 is 1.07 bits per heavy atom. The first-order valence-electron chi connectivity index (χ1n) is 11.9. The summed E-state index contributed by atoms with van der Waals surface area (Å²) < 4.78 is 5.71. The second-order valence-electron chi connectivity index (χ2n) is 9.29. The van der Waals surface area contributed by atoms with E-state index in [1.807, 2.05) is 0 Å².